The second-order valence-electron chi connectivity index (χ2n) is 13.5. The van der Waals surface area contributed by atoms with Gasteiger partial charge in [-0.1, -0.05) is 89.5 Å². The number of carbonyl (C=O) groups excluding carboxylic acids is 2. The molecule has 0 heterocycles. The van der Waals surface area contributed by atoms with Crippen LogP contribution in [0.15, 0.2) is 24.3 Å². The molecule has 4 heteroatoms. The van der Waals surface area contributed by atoms with Gasteiger partial charge in [-0.2, -0.15) is 0 Å². The lowest BCUT2D eigenvalue weighted by atomic mass is 9.67. The first-order valence-corrected chi connectivity index (χ1v) is 17.5. The first kappa shape index (κ1) is 30.9. The summed E-state index contributed by atoms with van der Waals surface area (Å²) < 4.78 is 11.1. The lowest BCUT2D eigenvalue weighted by molar-refractivity contribution is 0.0551. The fourth-order valence-electron chi connectivity index (χ4n) is 9.16. The molecule has 0 aromatic heterocycles. The monoisotopic (exact) mass is 594 g/mol. The fourth-order valence-corrected chi connectivity index (χ4v) is 9.16. The predicted octanol–water partition coefficient (Wildman–Crippen LogP) is 9.91. The van der Waals surface area contributed by atoms with Gasteiger partial charge in [-0.25, -0.2) is 9.59 Å². The summed E-state index contributed by atoms with van der Waals surface area (Å²) in [5.41, 5.74) is 11.8. The summed E-state index contributed by atoms with van der Waals surface area (Å²) in [6, 6.07) is 9.02. The topological polar surface area (TPSA) is 52.6 Å². The van der Waals surface area contributed by atoms with Crippen molar-refractivity contribution in [1.29, 1.82) is 0 Å². The van der Waals surface area contributed by atoms with E-state index in [9.17, 15) is 9.59 Å². The molecule has 0 radical (unpaired) electrons. The van der Waals surface area contributed by atoms with Gasteiger partial charge in [0.1, 0.15) is 0 Å². The van der Waals surface area contributed by atoms with Crippen LogP contribution >= 0.6 is 0 Å². The van der Waals surface area contributed by atoms with Crippen LogP contribution in [0.25, 0.3) is 10.8 Å². The van der Waals surface area contributed by atoms with Gasteiger partial charge < -0.3 is 9.47 Å². The first-order valence-electron chi connectivity index (χ1n) is 17.5. The van der Waals surface area contributed by atoms with E-state index in [4.69, 9.17) is 9.47 Å². The molecule has 2 fully saturated rings. The van der Waals surface area contributed by atoms with E-state index < -0.39 is 0 Å². The molecule has 3 aromatic carbocycles. The van der Waals surface area contributed by atoms with Crippen molar-refractivity contribution in [3.8, 4) is 0 Å². The number of benzene rings is 3. The van der Waals surface area contributed by atoms with Crippen LogP contribution in [-0.4, -0.2) is 26.2 Å². The number of esters is 2. The highest BCUT2D eigenvalue weighted by Gasteiger charge is 2.39. The van der Waals surface area contributed by atoms with Crippen molar-refractivity contribution in [2.24, 2.45) is 0 Å². The van der Waals surface area contributed by atoms with E-state index in [2.05, 4.69) is 38.1 Å². The Morgan fingerprint density at radius 1 is 0.614 bits per heavy atom. The summed E-state index contributed by atoms with van der Waals surface area (Å²) in [5, 5.41) is 2.79. The average Bonchev–Trinajstić information content (AvgIpc) is 3.08. The summed E-state index contributed by atoms with van der Waals surface area (Å²) in [6.07, 6.45) is 17.2. The van der Waals surface area contributed by atoms with Crippen LogP contribution in [0.1, 0.15) is 168 Å². The zero-order chi connectivity index (χ0) is 30.8. The van der Waals surface area contributed by atoms with Crippen molar-refractivity contribution in [2.75, 3.05) is 14.2 Å². The van der Waals surface area contributed by atoms with Crippen LogP contribution in [0.2, 0.25) is 0 Å². The van der Waals surface area contributed by atoms with E-state index in [0.29, 0.717) is 11.1 Å². The number of hydrogen-bond acceptors (Lipinski definition) is 4. The van der Waals surface area contributed by atoms with Gasteiger partial charge >= 0.3 is 11.9 Å². The Morgan fingerprint density at radius 3 is 1.34 bits per heavy atom. The zero-order valence-electron chi connectivity index (χ0n) is 27.4. The first-order chi connectivity index (χ1) is 21.5. The normalized spacial score (nSPS) is 17.3. The number of hydrogen-bond donors (Lipinski definition) is 0. The molecule has 2 saturated carbocycles. The fraction of sp³-hybridized carbons (Fsp3) is 0.550. The smallest absolute Gasteiger partial charge is 0.339 e. The molecule has 0 N–H and O–H groups in total. The minimum Gasteiger partial charge on any atom is -0.465 e. The van der Waals surface area contributed by atoms with E-state index >= 15 is 0 Å². The number of ether oxygens (including phenoxy) is 2. The largest absolute Gasteiger partial charge is 0.465 e. The van der Waals surface area contributed by atoms with Crippen LogP contribution < -0.4 is 0 Å². The molecule has 0 spiro atoms. The van der Waals surface area contributed by atoms with Crippen LogP contribution in [0.4, 0.5) is 0 Å². The molecular formula is C40H50O4. The van der Waals surface area contributed by atoms with Gasteiger partial charge in [-0.15, -0.1) is 0 Å². The maximum atomic E-state index is 13.9. The number of aryl methyl sites for hydroxylation is 2. The lowest BCUT2D eigenvalue weighted by Crippen LogP contribution is -2.28. The summed E-state index contributed by atoms with van der Waals surface area (Å²) in [4.78, 5) is 27.9. The molecule has 3 aliphatic carbocycles. The van der Waals surface area contributed by atoms with Gasteiger partial charge in [0.05, 0.1) is 25.3 Å². The quantitative estimate of drug-likeness (QED) is 0.191. The van der Waals surface area contributed by atoms with E-state index in [1.807, 2.05) is 0 Å². The second-order valence-corrected chi connectivity index (χ2v) is 13.5. The standard InChI is InChI=1S/C40H50O4/c1-5-15-27-29-21-13-14-22-30(29)28(16-6-2)32-24-34-33(23-31(27)32)35(25-17-9-7-10-18-25)37(39(41)43-3)38(40(42)44-4)36(34)26-19-11-8-12-20-26/h13-14,21-22,25-26H,5-12,15-20,23-24H2,1-4H3. The minimum atomic E-state index is -0.379. The van der Waals surface area contributed by atoms with Crippen LogP contribution in [-0.2, 0) is 35.2 Å². The maximum absolute atomic E-state index is 13.9. The molecule has 6 rings (SSSR count). The summed E-state index contributed by atoms with van der Waals surface area (Å²) in [7, 11) is 2.93. The number of carbonyl (C=O) groups is 2. The third-order valence-corrected chi connectivity index (χ3v) is 11.0. The van der Waals surface area contributed by atoms with E-state index in [-0.39, 0.29) is 23.8 Å². The van der Waals surface area contributed by atoms with Crippen LogP contribution in [0, 0.1) is 0 Å². The summed E-state index contributed by atoms with van der Waals surface area (Å²) in [6.45, 7) is 4.56. The predicted molar refractivity (Wildman–Crippen MR) is 178 cm³/mol. The van der Waals surface area contributed by atoms with Crippen molar-refractivity contribution in [3.63, 3.8) is 0 Å². The van der Waals surface area contributed by atoms with Crippen molar-refractivity contribution >= 4 is 22.7 Å². The Bertz CT molecular complexity index is 1440. The molecule has 234 valence electrons. The molecule has 0 bridgehead atoms. The summed E-state index contributed by atoms with van der Waals surface area (Å²) >= 11 is 0. The van der Waals surface area contributed by atoms with Crippen molar-refractivity contribution in [3.05, 3.63) is 79.9 Å². The minimum absolute atomic E-state index is 0.252. The molecule has 44 heavy (non-hydrogen) atoms. The third-order valence-electron chi connectivity index (χ3n) is 11.0. The van der Waals surface area contributed by atoms with Gasteiger partial charge in [-0.3, -0.25) is 0 Å². The highest BCUT2D eigenvalue weighted by atomic mass is 16.5. The molecular weight excluding hydrogens is 544 g/mol. The molecule has 0 atom stereocenters. The van der Waals surface area contributed by atoms with E-state index in [1.54, 1.807) is 0 Å². The highest BCUT2D eigenvalue weighted by molar-refractivity contribution is 6.06. The molecule has 0 saturated heterocycles. The van der Waals surface area contributed by atoms with Gasteiger partial charge in [0.2, 0.25) is 0 Å². The number of methoxy groups -OCH3 is 2. The lowest BCUT2D eigenvalue weighted by Gasteiger charge is -2.37. The van der Waals surface area contributed by atoms with Crippen molar-refractivity contribution in [1.82, 2.24) is 0 Å². The Kier molecular flexibility index (Phi) is 9.45. The Labute approximate surface area is 263 Å². The molecule has 4 nitrogen and oxygen atoms in total. The maximum Gasteiger partial charge on any atom is 0.339 e. The SMILES string of the molecule is CCCc1c2c(c(CCC)c3ccccc13)Cc1c(c(C3CCCCC3)c(C(=O)OC)c(C(=O)OC)c1C1CCCCC1)C2. The van der Waals surface area contributed by atoms with Crippen LogP contribution in [0.5, 0.6) is 0 Å². The van der Waals surface area contributed by atoms with Crippen molar-refractivity contribution in [2.45, 2.75) is 128 Å². The number of fused-ring (bicyclic) bond motifs is 3. The molecule has 0 amide bonds. The molecule has 0 aliphatic heterocycles. The van der Waals surface area contributed by atoms with Gasteiger partial charge in [-0.05, 0) is 118 Å². The molecule has 3 aliphatic rings. The van der Waals surface area contributed by atoms with Gasteiger partial charge in [0.25, 0.3) is 0 Å². The average molecular weight is 595 g/mol. The second kappa shape index (κ2) is 13.5. The van der Waals surface area contributed by atoms with E-state index in [0.717, 1.165) is 101 Å². The zero-order valence-corrected chi connectivity index (χ0v) is 27.4. The molecule has 0 unspecified atom stereocenters. The third kappa shape index (κ3) is 5.37. The Morgan fingerprint density at radius 2 is 1.00 bits per heavy atom. The van der Waals surface area contributed by atoms with Crippen LogP contribution in [0.3, 0.4) is 0 Å². The number of rotatable bonds is 8. The Balaban J connectivity index is 1.73. The van der Waals surface area contributed by atoms with E-state index in [1.165, 1.54) is 71.2 Å². The van der Waals surface area contributed by atoms with Gasteiger partial charge in [0, 0.05) is 0 Å². The van der Waals surface area contributed by atoms with Crippen molar-refractivity contribution < 1.29 is 19.1 Å². The Hall–Kier alpha value is -3.14. The highest BCUT2D eigenvalue weighted by Crippen LogP contribution is 2.50. The molecule has 3 aromatic rings. The summed E-state index contributed by atoms with van der Waals surface area (Å²) in [5.74, 6) is -0.254. The van der Waals surface area contributed by atoms with Gasteiger partial charge in [0.15, 0.2) is 0 Å².